The SMILES string of the molecule is O=c1c2c3ncnc(c3cn1C1CCOCC1)NCc1cccc(c1F)C(F)(F)C1CCN(CCCCCCCO2)CC1. The van der Waals surface area contributed by atoms with E-state index in [-0.39, 0.29) is 29.5 Å². The Morgan fingerprint density at radius 2 is 1.70 bits per heavy atom. The van der Waals surface area contributed by atoms with Gasteiger partial charge in [-0.15, -0.1) is 0 Å². The van der Waals surface area contributed by atoms with Crippen LogP contribution in [-0.4, -0.2) is 58.9 Å². The van der Waals surface area contributed by atoms with Crippen molar-refractivity contribution in [2.75, 3.05) is 44.8 Å². The van der Waals surface area contributed by atoms with E-state index in [4.69, 9.17) is 9.47 Å². The van der Waals surface area contributed by atoms with Crippen LogP contribution in [0, 0.1) is 11.7 Å². The molecule has 232 valence electrons. The number of benzene rings is 1. The Hall–Kier alpha value is -3.18. The molecule has 11 heteroatoms. The lowest BCUT2D eigenvalue weighted by molar-refractivity contribution is -0.0880. The molecule has 0 aliphatic carbocycles. The summed E-state index contributed by atoms with van der Waals surface area (Å²) in [6.07, 6.45) is 9.98. The van der Waals surface area contributed by atoms with Crippen molar-refractivity contribution in [1.82, 2.24) is 19.4 Å². The molecule has 4 aliphatic rings. The Morgan fingerprint density at radius 3 is 2.51 bits per heavy atom. The number of rotatable bonds is 1. The number of anilines is 1. The first-order valence-corrected chi connectivity index (χ1v) is 15.7. The number of piperidine rings is 1. The maximum Gasteiger partial charge on any atom is 0.295 e. The lowest BCUT2D eigenvalue weighted by Crippen LogP contribution is -2.40. The number of alkyl halides is 2. The third-order valence-electron chi connectivity index (χ3n) is 9.23. The zero-order chi connectivity index (χ0) is 29.8. The van der Waals surface area contributed by atoms with Crippen molar-refractivity contribution in [1.29, 1.82) is 0 Å². The number of hydrogen-bond acceptors (Lipinski definition) is 7. The van der Waals surface area contributed by atoms with Gasteiger partial charge in [-0.3, -0.25) is 4.79 Å². The quantitative estimate of drug-likeness (QED) is 0.365. The van der Waals surface area contributed by atoms with Gasteiger partial charge >= 0.3 is 0 Å². The molecule has 8 bridgehead atoms. The summed E-state index contributed by atoms with van der Waals surface area (Å²) in [4.78, 5) is 24.7. The second kappa shape index (κ2) is 13.2. The minimum absolute atomic E-state index is 0.0626. The lowest BCUT2D eigenvalue weighted by atomic mass is 9.85. The molecule has 0 unspecified atom stereocenters. The molecule has 0 atom stereocenters. The van der Waals surface area contributed by atoms with Crippen LogP contribution in [0.2, 0.25) is 0 Å². The number of pyridine rings is 1. The van der Waals surface area contributed by atoms with E-state index in [9.17, 15) is 4.79 Å². The Labute approximate surface area is 249 Å². The minimum Gasteiger partial charge on any atom is -0.486 e. The van der Waals surface area contributed by atoms with Crippen LogP contribution in [0.3, 0.4) is 0 Å². The fourth-order valence-corrected chi connectivity index (χ4v) is 6.65. The summed E-state index contributed by atoms with van der Waals surface area (Å²) in [6.45, 7) is 3.53. The van der Waals surface area contributed by atoms with Gasteiger partial charge in [0.25, 0.3) is 11.5 Å². The largest absolute Gasteiger partial charge is 0.486 e. The van der Waals surface area contributed by atoms with Crippen molar-refractivity contribution in [3.05, 3.63) is 58.0 Å². The summed E-state index contributed by atoms with van der Waals surface area (Å²) in [5, 5.41) is 3.69. The van der Waals surface area contributed by atoms with E-state index in [0.717, 1.165) is 38.6 Å². The van der Waals surface area contributed by atoms with Crippen LogP contribution in [0.1, 0.15) is 75.0 Å². The highest BCUT2D eigenvalue weighted by Gasteiger charge is 2.44. The Kier molecular flexibility index (Phi) is 9.18. The third kappa shape index (κ3) is 6.38. The zero-order valence-corrected chi connectivity index (χ0v) is 24.5. The Bertz CT molecular complexity index is 1470. The normalized spacial score (nSPS) is 24.1. The molecule has 4 aliphatic heterocycles. The number of hydrogen-bond donors (Lipinski definition) is 1. The average Bonchev–Trinajstić information content (AvgIpc) is 3.02. The molecular formula is C32H40F3N5O3. The summed E-state index contributed by atoms with van der Waals surface area (Å²) < 4.78 is 60.5. The first-order valence-electron chi connectivity index (χ1n) is 15.7. The van der Waals surface area contributed by atoms with E-state index in [1.54, 1.807) is 10.8 Å². The van der Waals surface area contributed by atoms with Gasteiger partial charge in [0, 0.05) is 43.5 Å². The van der Waals surface area contributed by atoms with E-state index >= 15 is 13.2 Å². The van der Waals surface area contributed by atoms with E-state index in [1.807, 2.05) is 0 Å². The van der Waals surface area contributed by atoms with Crippen molar-refractivity contribution in [3.63, 3.8) is 0 Å². The molecule has 7 rings (SSSR count). The number of halogens is 3. The van der Waals surface area contributed by atoms with Crippen molar-refractivity contribution < 1.29 is 22.6 Å². The van der Waals surface area contributed by atoms with Crippen LogP contribution >= 0.6 is 0 Å². The van der Waals surface area contributed by atoms with Crippen LogP contribution in [0.25, 0.3) is 10.9 Å². The van der Waals surface area contributed by atoms with Crippen LogP contribution in [0.5, 0.6) is 5.75 Å². The summed E-state index contributed by atoms with van der Waals surface area (Å²) in [7, 11) is 0. The first-order chi connectivity index (χ1) is 20.9. The van der Waals surface area contributed by atoms with Gasteiger partial charge in [-0.25, -0.2) is 23.1 Å². The predicted molar refractivity (Wildman–Crippen MR) is 158 cm³/mol. The topological polar surface area (TPSA) is 81.5 Å². The molecule has 0 radical (unpaired) electrons. The van der Waals surface area contributed by atoms with Gasteiger partial charge in [0.1, 0.15) is 23.5 Å². The van der Waals surface area contributed by atoms with Gasteiger partial charge in [-0.1, -0.05) is 37.5 Å². The molecule has 2 fully saturated rings. The standard InChI is InChI=1S/C32H40F3N5O3/c33-27-22-7-6-8-26(27)32(34,35)23-9-14-39(15-10-23)13-4-2-1-3-5-16-43-29-28-25(30(36-19-22)38-21-37-28)20-40(31(29)41)24-11-17-42-18-12-24/h6-8,20-21,23-24H,1-5,9-19H2,(H,36,37,38). The Morgan fingerprint density at radius 1 is 0.930 bits per heavy atom. The van der Waals surface area contributed by atoms with Crippen LogP contribution < -0.4 is 15.6 Å². The number of aromatic nitrogens is 3. The summed E-state index contributed by atoms with van der Waals surface area (Å²) in [6, 6.07) is 4.14. The van der Waals surface area contributed by atoms with Gasteiger partial charge in [0.05, 0.1) is 17.6 Å². The maximum absolute atomic E-state index is 15.7. The van der Waals surface area contributed by atoms with Crippen molar-refractivity contribution in [2.45, 2.75) is 76.3 Å². The summed E-state index contributed by atoms with van der Waals surface area (Å²) >= 11 is 0. The molecule has 0 saturated carbocycles. The second-order valence-electron chi connectivity index (χ2n) is 12.0. The highest BCUT2D eigenvalue weighted by Crippen LogP contribution is 2.43. The van der Waals surface area contributed by atoms with Crippen LogP contribution in [0.4, 0.5) is 19.0 Å². The molecule has 43 heavy (non-hydrogen) atoms. The smallest absolute Gasteiger partial charge is 0.295 e. The van der Waals surface area contributed by atoms with Crippen LogP contribution in [0.15, 0.2) is 35.5 Å². The zero-order valence-electron chi connectivity index (χ0n) is 24.5. The first kappa shape index (κ1) is 29.9. The number of nitrogens with one attached hydrogen (secondary N) is 1. The van der Waals surface area contributed by atoms with Crippen molar-refractivity contribution >= 4 is 16.7 Å². The molecule has 8 nitrogen and oxygen atoms in total. The van der Waals surface area contributed by atoms with E-state index < -0.39 is 23.2 Å². The molecule has 2 saturated heterocycles. The van der Waals surface area contributed by atoms with Crippen molar-refractivity contribution in [3.8, 4) is 5.75 Å². The number of fused-ring (bicyclic) bond motifs is 10. The highest BCUT2D eigenvalue weighted by molar-refractivity contribution is 5.92. The molecule has 3 aromatic rings. The van der Waals surface area contributed by atoms with Gasteiger partial charge in [0.2, 0.25) is 5.75 Å². The minimum atomic E-state index is -3.27. The molecule has 6 heterocycles. The maximum atomic E-state index is 15.7. The fraction of sp³-hybridized carbons (Fsp3) is 0.594. The van der Waals surface area contributed by atoms with E-state index in [0.29, 0.717) is 75.3 Å². The monoisotopic (exact) mass is 599 g/mol. The van der Waals surface area contributed by atoms with Gasteiger partial charge < -0.3 is 24.3 Å². The summed E-state index contributed by atoms with van der Waals surface area (Å²) in [5.74, 6) is -4.51. The lowest BCUT2D eigenvalue weighted by Gasteiger charge is -2.36. The fourth-order valence-electron chi connectivity index (χ4n) is 6.65. The molecular weight excluding hydrogens is 559 g/mol. The van der Waals surface area contributed by atoms with Crippen molar-refractivity contribution in [2.24, 2.45) is 5.92 Å². The third-order valence-corrected chi connectivity index (χ3v) is 9.23. The predicted octanol–water partition coefficient (Wildman–Crippen LogP) is 6.04. The van der Waals surface area contributed by atoms with Gasteiger partial charge in [-0.05, 0) is 58.2 Å². The second-order valence-corrected chi connectivity index (χ2v) is 12.0. The van der Waals surface area contributed by atoms with Gasteiger partial charge in [-0.2, -0.15) is 0 Å². The molecule has 1 aromatic carbocycles. The number of ether oxygens (including phenoxy) is 2. The molecule has 2 aromatic heterocycles. The van der Waals surface area contributed by atoms with Gasteiger partial charge in [0.15, 0.2) is 0 Å². The summed E-state index contributed by atoms with van der Waals surface area (Å²) in [5.41, 5.74) is -0.302. The molecule has 1 N–H and O–H groups in total. The molecule has 0 spiro atoms. The Balaban J connectivity index is 1.36. The molecule has 0 amide bonds. The van der Waals surface area contributed by atoms with Crippen LogP contribution in [-0.2, 0) is 17.2 Å². The highest BCUT2D eigenvalue weighted by atomic mass is 19.3. The average molecular weight is 600 g/mol. The van der Waals surface area contributed by atoms with E-state index in [1.165, 1.54) is 24.5 Å². The number of nitrogens with zero attached hydrogens (tertiary/aromatic N) is 4. The van der Waals surface area contributed by atoms with E-state index in [2.05, 4.69) is 20.2 Å².